The highest BCUT2D eigenvalue weighted by molar-refractivity contribution is 6.44. The fourth-order valence-electron chi connectivity index (χ4n) is 3.16. The minimum Gasteiger partial charge on any atom is -0.353 e. The molecule has 7 heteroatoms. The molecule has 1 N–H and O–H groups in total. The molecule has 1 atom stereocenters. The summed E-state index contributed by atoms with van der Waals surface area (Å²) in [4.78, 5) is 14.6. The molecule has 24 heavy (non-hydrogen) atoms. The Kier molecular flexibility index (Phi) is 5.40. The van der Waals surface area contributed by atoms with Crippen LogP contribution in [0, 0.1) is 0 Å². The lowest BCUT2D eigenvalue weighted by Gasteiger charge is -2.24. The summed E-state index contributed by atoms with van der Waals surface area (Å²) in [5, 5.41) is 3.92. The maximum Gasteiger partial charge on any atom is 0.238 e. The number of carbonyl (C=O) groups is 1. The third-order valence-corrected chi connectivity index (χ3v) is 5.35. The molecule has 0 unspecified atom stereocenters. The molecule has 1 aliphatic heterocycles. The van der Waals surface area contributed by atoms with Gasteiger partial charge in [0.05, 0.1) is 33.3 Å². The molecule has 1 aromatic carbocycles. The van der Waals surface area contributed by atoms with Gasteiger partial charge >= 0.3 is 0 Å². The van der Waals surface area contributed by atoms with Gasteiger partial charge in [0, 0.05) is 18.9 Å². The van der Waals surface area contributed by atoms with Crippen molar-refractivity contribution in [1.29, 1.82) is 0 Å². The number of hydrogen-bond donors (Lipinski definition) is 1. The fraction of sp³-hybridized carbons (Fsp3) is 0.353. The molecule has 1 aromatic heterocycles. The SMILES string of the molecule is Cn1cccc1[C@H]1CCCN1CC(=O)Nc1cc(Cl)c(Cl)cc1Cl. The van der Waals surface area contributed by atoms with E-state index in [1.165, 1.54) is 11.8 Å². The van der Waals surface area contributed by atoms with Gasteiger partial charge in [0.25, 0.3) is 0 Å². The Balaban J connectivity index is 1.68. The molecular weight excluding hydrogens is 369 g/mol. The predicted molar refractivity (Wildman–Crippen MR) is 99.1 cm³/mol. The van der Waals surface area contributed by atoms with Gasteiger partial charge in [-0.1, -0.05) is 34.8 Å². The van der Waals surface area contributed by atoms with Crippen molar-refractivity contribution in [3.63, 3.8) is 0 Å². The van der Waals surface area contributed by atoms with Gasteiger partial charge in [-0.15, -0.1) is 0 Å². The molecule has 2 heterocycles. The standard InChI is InChI=1S/C17H18Cl3N3O/c1-22-6-2-4-15(22)16-5-3-7-23(16)10-17(24)21-14-9-12(19)11(18)8-13(14)20/h2,4,6,8-9,16H,3,5,7,10H2,1H3,(H,21,24)/t16-/m1/s1. The summed E-state index contributed by atoms with van der Waals surface area (Å²) in [6, 6.07) is 7.50. The number of likely N-dealkylation sites (tertiary alicyclic amines) is 1. The monoisotopic (exact) mass is 385 g/mol. The summed E-state index contributed by atoms with van der Waals surface area (Å²) in [7, 11) is 2.03. The van der Waals surface area contributed by atoms with E-state index in [-0.39, 0.29) is 11.9 Å². The fourth-order valence-corrected chi connectivity index (χ4v) is 3.76. The Morgan fingerprint density at radius 2 is 2.00 bits per heavy atom. The lowest BCUT2D eigenvalue weighted by Crippen LogP contribution is -2.33. The quantitative estimate of drug-likeness (QED) is 0.769. The molecule has 0 saturated carbocycles. The molecule has 1 aliphatic rings. The summed E-state index contributed by atoms with van der Waals surface area (Å²) in [6.07, 6.45) is 4.16. The maximum atomic E-state index is 12.4. The molecule has 1 fully saturated rings. The number of anilines is 1. The first-order valence-corrected chi connectivity index (χ1v) is 8.89. The molecular formula is C17H18Cl3N3O. The number of amides is 1. The summed E-state index contributed by atoms with van der Waals surface area (Å²) in [5.41, 5.74) is 1.71. The van der Waals surface area contributed by atoms with Gasteiger partial charge in [-0.25, -0.2) is 0 Å². The van der Waals surface area contributed by atoms with Gasteiger partial charge < -0.3 is 9.88 Å². The van der Waals surface area contributed by atoms with E-state index in [1.54, 1.807) is 6.07 Å². The number of nitrogens with one attached hydrogen (secondary N) is 1. The van der Waals surface area contributed by atoms with Crippen molar-refractivity contribution >= 4 is 46.4 Å². The van der Waals surface area contributed by atoms with Crippen LogP contribution in [0.5, 0.6) is 0 Å². The van der Waals surface area contributed by atoms with Crippen LogP contribution in [0.2, 0.25) is 15.1 Å². The number of aromatic nitrogens is 1. The van der Waals surface area contributed by atoms with Gasteiger partial charge in [0.1, 0.15) is 0 Å². The van der Waals surface area contributed by atoms with Crippen LogP contribution in [0.4, 0.5) is 5.69 Å². The van der Waals surface area contributed by atoms with Crippen LogP contribution in [0.3, 0.4) is 0 Å². The molecule has 2 aromatic rings. The molecule has 128 valence electrons. The van der Waals surface area contributed by atoms with Gasteiger partial charge in [-0.05, 0) is 43.7 Å². The lowest BCUT2D eigenvalue weighted by molar-refractivity contribution is -0.117. The summed E-state index contributed by atoms with van der Waals surface area (Å²) in [5.74, 6) is -0.114. The Morgan fingerprint density at radius 3 is 2.71 bits per heavy atom. The Morgan fingerprint density at radius 1 is 1.25 bits per heavy atom. The van der Waals surface area contributed by atoms with Crippen molar-refractivity contribution in [2.45, 2.75) is 18.9 Å². The Hall–Kier alpha value is -1.20. The summed E-state index contributed by atoms with van der Waals surface area (Å²) < 4.78 is 2.11. The van der Waals surface area contributed by atoms with Crippen LogP contribution in [0.25, 0.3) is 0 Å². The average Bonchev–Trinajstić information content (AvgIpc) is 3.13. The van der Waals surface area contributed by atoms with E-state index in [0.717, 1.165) is 19.4 Å². The van der Waals surface area contributed by atoms with Crippen molar-refractivity contribution in [1.82, 2.24) is 9.47 Å². The van der Waals surface area contributed by atoms with Crippen LogP contribution >= 0.6 is 34.8 Å². The second-order valence-electron chi connectivity index (χ2n) is 5.97. The summed E-state index contributed by atoms with van der Waals surface area (Å²) >= 11 is 18.0. The number of rotatable bonds is 4. The second-order valence-corrected chi connectivity index (χ2v) is 7.19. The smallest absolute Gasteiger partial charge is 0.238 e. The van der Waals surface area contributed by atoms with E-state index in [1.807, 2.05) is 19.3 Å². The second kappa shape index (κ2) is 7.36. The number of nitrogens with zero attached hydrogens (tertiary/aromatic N) is 2. The topological polar surface area (TPSA) is 37.3 Å². The molecule has 3 rings (SSSR count). The van der Waals surface area contributed by atoms with E-state index < -0.39 is 0 Å². The number of benzene rings is 1. The largest absolute Gasteiger partial charge is 0.353 e. The molecule has 0 aliphatic carbocycles. The Labute approximate surface area is 156 Å². The summed E-state index contributed by atoms with van der Waals surface area (Å²) in [6.45, 7) is 1.21. The van der Waals surface area contributed by atoms with Crippen LogP contribution < -0.4 is 5.32 Å². The molecule has 0 spiro atoms. The molecule has 4 nitrogen and oxygen atoms in total. The predicted octanol–water partition coefficient (Wildman–Crippen LogP) is 4.76. The number of aryl methyl sites for hydroxylation is 1. The van der Waals surface area contributed by atoms with Crippen molar-refractivity contribution in [3.8, 4) is 0 Å². The van der Waals surface area contributed by atoms with Gasteiger partial charge in [-0.3, -0.25) is 9.69 Å². The maximum absolute atomic E-state index is 12.4. The van der Waals surface area contributed by atoms with Crippen molar-refractivity contribution in [2.24, 2.45) is 7.05 Å². The van der Waals surface area contributed by atoms with E-state index >= 15 is 0 Å². The molecule has 0 radical (unpaired) electrons. The first-order valence-electron chi connectivity index (χ1n) is 7.75. The normalized spacial score (nSPS) is 18.1. The number of carbonyl (C=O) groups excluding carboxylic acids is 1. The molecule has 0 bridgehead atoms. The third-order valence-electron chi connectivity index (χ3n) is 4.32. The first-order chi connectivity index (χ1) is 11.5. The van der Waals surface area contributed by atoms with Crippen LogP contribution in [0.15, 0.2) is 30.5 Å². The van der Waals surface area contributed by atoms with Crippen molar-refractivity contribution in [2.75, 3.05) is 18.4 Å². The first kappa shape index (κ1) is 17.6. The van der Waals surface area contributed by atoms with Crippen molar-refractivity contribution < 1.29 is 4.79 Å². The van der Waals surface area contributed by atoms with E-state index in [9.17, 15) is 4.79 Å². The third kappa shape index (κ3) is 3.72. The number of hydrogen-bond acceptors (Lipinski definition) is 2. The van der Waals surface area contributed by atoms with Gasteiger partial charge in [-0.2, -0.15) is 0 Å². The van der Waals surface area contributed by atoms with Crippen molar-refractivity contribution in [3.05, 3.63) is 51.2 Å². The van der Waals surface area contributed by atoms with E-state index in [4.69, 9.17) is 34.8 Å². The molecule has 1 saturated heterocycles. The zero-order valence-electron chi connectivity index (χ0n) is 13.2. The highest BCUT2D eigenvalue weighted by Gasteiger charge is 2.29. The lowest BCUT2D eigenvalue weighted by atomic mass is 10.1. The molecule has 1 amide bonds. The minimum atomic E-state index is -0.114. The van der Waals surface area contributed by atoms with Gasteiger partial charge in [0.15, 0.2) is 0 Å². The zero-order valence-corrected chi connectivity index (χ0v) is 15.5. The van der Waals surface area contributed by atoms with E-state index in [2.05, 4.69) is 20.9 Å². The van der Waals surface area contributed by atoms with E-state index in [0.29, 0.717) is 27.3 Å². The Bertz CT molecular complexity index is 760. The number of halogens is 3. The highest BCUT2D eigenvalue weighted by atomic mass is 35.5. The highest BCUT2D eigenvalue weighted by Crippen LogP contribution is 2.33. The average molecular weight is 387 g/mol. The van der Waals surface area contributed by atoms with Crippen LogP contribution in [0.1, 0.15) is 24.6 Å². The van der Waals surface area contributed by atoms with Crippen LogP contribution in [-0.2, 0) is 11.8 Å². The van der Waals surface area contributed by atoms with Crippen LogP contribution in [-0.4, -0.2) is 28.5 Å². The van der Waals surface area contributed by atoms with Gasteiger partial charge in [0.2, 0.25) is 5.91 Å². The zero-order chi connectivity index (χ0) is 17.3. The minimum absolute atomic E-state index is 0.114.